The SMILES string of the molecule is CC(C)(C)OC(=O)NCCCN.CC(C)(C)OC(=O)NCCCNC(=O)OCC1c2ccccc2-c2ccccc21.NCCCNC(=O)OCC1c2ccccc2-c2ccccc21. The van der Waals surface area contributed by atoms with Crippen LogP contribution in [0.5, 0.6) is 0 Å². The Bertz CT molecular complexity index is 2010. The molecular weight excluding hydrogens is 801 g/mol. The summed E-state index contributed by atoms with van der Waals surface area (Å²) < 4.78 is 21.0. The zero-order chi connectivity index (χ0) is 45.8. The van der Waals surface area contributed by atoms with Crippen molar-refractivity contribution in [1.29, 1.82) is 0 Å². The van der Waals surface area contributed by atoms with Gasteiger partial charge in [-0.3, -0.25) is 0 Å². The lowest BCUT2D eigenvalue weighted by Crippen LogP contribution is -2.34. The smallest absolute Gasteiger partial charge is 0.407 e. The molecule has 0 saturated carbocycles. The van der Waals surface area contributed by atoms with Crippen LogP contribution in [0.2, 0.25) is 0 Å². The first-order valence-corrected chi connectivity index (χ1v) is 21.6. The van der Waals surface area contributed by atoms with E-state index in [1.807, 2.05) is 90.1 Å². The van der Waals surface area contributed by atoms with Gasteiger partial charge in [0.2, 0.25) is 0 Å². The number of nitrogens with two attached hydrogens (primary N) is 2. The van der Waals surface area contributed by atoms with Crippen molar-refractivity contribution in [1.82, 2.24) is 21.3 Å². The fourth-order valence-corrected chi connectivity index (χ4v) is 6.98. The lowest BCUT2D eigenvalue weighted by molar-refractivity contribution is 0.0516. The summed E-state index contributed by atoms with van der Waals surface area (Å²) >= 11 is 0. The summed E-state index contributed by atoms with van der Waals surface area (Å²) in [6, 6.07) is 33.0. The van der Waals surface area contributed by atoms with Crippen LogP contribution < -0.4 is 32.7 Å². The van der Waals surface area contributed by atoms with Gasteiger partial charge in [-0.1, -0.05) is 97.1 Å². The van der Waals surface area contributed by atoms with E-state index in [9.17, 15) is 19.2 Å². The minimum Gasteiger partial charge on any atom is -0.449 e. The first-order valence-electron chi connectivity index (χ1n) is 21.6. The molecule has 6 rings (SSSR count). The standard InChI is InChI=1S/C23H28N2O4.C18H20N2O2.C8H18N2O2/c1-23(2,3)29-22(27)25-14-8-13-24-21(26)28-15-20-18-11-6-4-9-16(18)17-10-5-7-12-19(17)20;19-10-5-11-20-18(21)22-12-17-15-8-3-1-6-13(15)14-7-2-4-9-16(14)17;1-8(2,3)12-7(11)10-6-4-5-9/h4-7,9-12,20H,8,13-15H2,1-3H3,(H,24,26)(H,25,27);1-4,6-9,17H,5,10-12,19H2,(H,20,21);4-6,9H2,1-3H3,(H,10,11). The largest absolute Gasteiger partial charge is 0.449 e. The third kappa shape index (κ3) is 16.3. The molecule has 2 aliphatic rings. The second-order valence-corrected chi connectivity index (χ2v) is 17.0. The van der Waals surface area contributed by atoms with E-state index in [4.69, 9.17) is 30.4 Å². The van der Waals surface area contributed by atoms with Crippen LogP contribution in [0.15, 0.2) is 97.1 Å². The molecule has 0 heterocycles. The van der Waals surface area contributed by atoms with Crippen molar-refractivity contribution in [2.24, 2.45) is 11.5 Å². The van der Waals surface area contributed by atoms with Gasteiger partial charge >= 0.3 is 24.4 Å². The van der Waals surface area contributed by atoms with Crippen molar-refractivity contribution in [3.8, 4) is 22.3 Å². The second-order valence-electron chi connectivity index (χ2n) is 17.0. The van der Waals surface area contributed by atoms with Crippen LogP contribution in [-0.2, 0) is 18.9 Å². The van der Waals surface area contributed by atoms with Crippen LogP contribution >= 0.6 is 0 Å². The van der Waals surface area contributed by atoms with E-state index in [-0.39, 0.29) is 30.6 Å². The molecule has 0 atom stereocenters. The number of carbonyl (C=O) groups excluding carboxylic acids is 4. The zero-order valence-electron chi connectivity index (χ0n) is 37.6. The van der Waals surface area contributed by atoms with Gasteiger partial charge in [-0.25, -0.2) is 19.2 Å². The second kappa shape index (κ2) is 24.5. The molecule has 0 aromatic heterocycles. The number of fused-ring (bicyclic) bond motifs is 6. The first kappa shape index (κ1) is 49.5. The Balaban J connectivity index is 0.000000226. The Labute approximate surface area is 372 Å². The summed E-state index contributed by atoms with van der Waals surface area (Å²) in [5.41, 5.74) is 19.4. The summed E-state index contributed by atoms with van der Waals surface area (Å²) in [5, 5.41) is 10.7. The minimum absolute atomic E-state index is 0.0435. The summed E-state index contributed by atoms with van der Waals surface area (Å²) in [7, 11) is 0. The average Bonchev–Trinajstić information content (AvgIpc) is 3.73. The van der Waals surface area contributed by atoms with Crippen molar-refractivity contribution >= 4 is 24.4 Å². The van der Waals surface area contributed by atoms with E-state index in [1.165, 1.54) is 44.5 Å². The Morgan fingerprint density at radius 1 is 0.444 bits per heavy atom. The summed E-state index contributed by atoms with van der Waals surface area (Å²) in [4.78, 5) is 46.3. The third-order valence-corrected chi connectivity index (χ3v) is 9.68. The van der Waals surface area contributed by atoms with Crippen LogP contribution in [0.4, 0.5) is 19.2 Å². The molecule has 0 saturated heterocycles. The van der Waals surface area contributed by atoms with Crippen LogP contribution in [0.3, 0.4) is 0 Å². The van der Waals surface area contributed by atoms with Gasteiger partial charge in [-0.05, 0) is 118 Å². The molecule has 4 aromatic carbocycles. The van der Waals surface area contributed by atoms with Gasteiger partial charge in [-0.2, -0.15) is 0 Å². The highest BCUT2D eigenvalue weighted by atomic mass is 16.6. The van der Waals surface area contributed by atoms with Gasteiger partial charge in [-0.15, -0.1) is 0 Å². The quantitative estimate of drug-likeness (QED) is 0.0530. The van der Waals surface area contributed by atoms with Crippen molar-refractivity contribution in [3.63, 3.8) is 0 Å². The Morgan fingerprint density at radius 3 is 1.00 bits per heavy atom. The van der Waals surface area contributed by atoms with Crippen LogP contribution in [-0.4, -0.2) is 88.1 Å². The first-order chi connectivity index (χ1) is 30.1. The van der Waals surface area contributed by atoms with Gasteiger partial charge in [0, 0.05) is 38.0 Å². The fraction of sp³-hybridized carbons (Fsp3) is 0.429. The Morgan fingerprint density at radius 2 is 0.714 bits per heavy atom. The molecule has 2 aliphatic carbocycles. The number of alkyl carbamates (subject to hydrolysis) is 4. The van der Waals surface area contributed by atoms with E-state index in [0.29, 0.717) is 52.3 Å². The molecule has 0 fully saturated rings. The van der Waals surface area contributed by atoms with E-state index in [0.717, 1.165) is 12.8 Å². The van der Waals surface area contributed by atoms with Gasteiger partial charge < -0.3 is 51.7 Å². The predicted molar refractivity (Wildman–Crippen MR) is 247 cm³/mol. The average molecular weight is 867 g/mol. The Kier molecular flexibility index (Phi) is 19.3. The van der Waals surface area contributed by atoms with Gasteiger partial charge in [0.25, 0.3) is 0 Å². The number of nitrogens with one attached hydrogen (secondary N) is 4. The van der Waals surface area contributed by atoms with Crippen molar-refractivity contribution in [2.75, 3.05) is 52.5 Å². The van der Waals surface area contributed by atoms with Crippen molar-refractivity contribution in [3.05, 3.63) is 119 Å². The lowest BCUT2D eigenvalue weighted by Gasteiger charge is -2.19. The maximum atomic E-state index is 12.1. The van der Waals surface area contributed by atoms with E-state index < -0.39 is 23.4 Å². The molecule has 340 valence electrons. The van der Waals surface area contributed by atoms with E-state index >= 15 is 0 Å². The topological polar surface area (TPSA) is 205 Å². The van der Waals surface area contributed by atoms with Gasteiger partial charge in [0.05, 0.1) is 0 Å². The molecule has 63 heavy (non-hydrogen) atoms. The van der Waals surface area contributed by atoms with E-state index in [2.05, 4.69) is 69.8 Å². The summed E-state index contributed by atoms with van der Waals surface area (Å²) in [6.07, 6.45) is 0.446. The molecule has 4 aromatic rings. The molecule has 0 spiro atoms. The van der Waals surface area contributed by atoms with Crippen molar-refractivity contribution in [2.45, 2.75) is 83.8 Å². The fourth-order valence-electron chi connectivity index (χ4n) is 6.98. The molecule has 0 aliphatic heterocycles. The van der Waals surface area contributed by atoms with Gasteiger partial charge in [0.15, 0.2) is 0 Å². The lowest BCUT2D eigenvalue weighted by atomic mass is 9.98. The van der Waals surface area contributed by atoms with E-state index in [1.54, 1.807) is 0 Å². The predicted octanol–water partition coefficient (Wildman–Crippen LogP) is 8.17. The number of hydrogen-bond donors (Lipinski definition) is 6. The molecule has 0 radical (unpaired) electrons. The molecule has 0 unspecified atom stereocenters. The third-order valence-electron chi connectivity index (χ3n) is 9.68. The van der Waals surface area contributed by atoms with Crippen LogP contribution in [0.1, 0.15) is 94.9 Å². The number of benzene rings is 4. The van der Waals surface area contributed by atoms with Crippen LogP contribution in [0, 0.1) is 0 Å². The maximum absolute atomic E-state index is 12.1. The Hall–Kier alpha value is -6.12. The van der Waals surface area contributed by atoms with Crippen molar-refractivity contribution < 1.29 is 38.1 Å². The summed E-state index contributed by atoms with van der Waals surface area (Å²) in [6.45, 7) is 14.6. The molecule has 14 heteroatoms. The molecule has 8 N–H and O–H groups in total. The molecule has 4 amide bonds. The molecule has 14 nitrogen and oxygen atoms in total. The van der Waals surface area contributed by atoms with Crippen LogP contribution in [0.25, 0.3) is 22.3 Å². The number of rotatable bonds is 14. The maximum Gasteiger partial charge on any atom is 0.407 e. The van der Waals surface area contributed by atoms with Gasteiger partial charge in [0.1, 0.15) is 24.4 Å². The molecule has 0 bridgehead atoms. The minimum atomic E-state index is -0.524. The summed E-state index contributed by atoms with van der Waals surface area (Å²) in [5.74, 6) is 0.148. The molecular formula is C49H66N6O8. The number of hydrogen-bond acceptors (Lipinski definition) is 10. The number of ether oxygens (including phenoxy) is 4. The number of carbonyl (C=O) groups is 4. The monoisotopic (exact) mass is 866 g/mol. The zero-order valence-corrected chi connectivity index (χ0v) is 37.6. The highest BCUT2D eigenvalue weighted by Crippen LogP contribution is 2.45. The number of amides is 4. The normalized spacial score (nSPS) is 12.3. The highest BCUT2D eigenvalue weighted by molar-refractivity contribution is 5.80. The highest BCUT2D eigenvalue weighted by Gasteiger charge is 2.30.